The zero-order valence-corrected chi connectivity index (χ0v) is 14.1. The van der Waals surface area contributed by atoms with Gasteiger partial charge in [0.2, 0.25) is 5.78 Å². The minimum absolute atomic E-state index is 0. The molecule has 3 radical (unpaired) electrons. The fourth-order valence-corrected chi connectivity index (χ4v) is 0.590. The molecule has 0 spiro atoms. The summed E-state index contributed by atoms with van der Waals surface area (Å²) in [6.07, 6.45) is 0. The Morgan fingerprint density at radius 2 is 1.19 bits per heavy atom. The van der Waals surface area contributed by atoms with E-state index in [1.165, 1.54) is 0 Å². The molecule has 0 heterocycles. The molecule has 4 nitrogen and oxygen atoms in total. The topological polar surface area (TPSA) is 60.4 Å². The molecule has 0 aliphatic carbocycles. The maximum Gasteiger partial charge on any atom is 0.382 e. The molecule has 0 aromatic rings. The molecule has 0 aliphatic heterocycles. The molecule has 91 valence electrons. The Kier molecular flexibility index (Phi) is 6.61. The molecule has 0 rings (SSSR count). The molecule has 0 amide bonds. The second kappa shape index (κ2) is 5.85. The first-order valence-corrected chi connectivity index (χ1v) is 4.77. The molecular formula is C11H18BiO4. The van der Waals surface area contributed by atoms with Gasteiger partial charge in [0.25, 0.3) is 0 Å². The van der Waals surface area contributed by atoms with Crippen LogP contribution >= 0.6 is 0 Å². The Balaban J connectivity index is 0. The number of Topliss-reactive ketones (excluding diaryl/α,β-unsaturated/α-hetero) is 1. The molecule has 0 bridgehead atoms. The van der Waals surface area contributed by atoms with E-state index in [-0.39, 0.29) is 26.2 Å². The van der Waals surface area contributed by atoms with Gasteiger partial charge in [-0.15, -0.1) is 0 Å². The summed E-state index contributed by atoms with van der Waals surface area (Å²) in [4.78, 5) is 34.0. The number of carbonyl (C=O) groups is 3. The summed E-state index contributed by atoms with van der Waals surface area (Å²) >= 11 is 0. The van der Waals surface area contributed by atoms with Crippen molar-refractivity contribution in [1.29, 1.82) is 0 Å². The molecule has 0 aliphatic rings. The number of ketones is 1. The van der Waals surface area contributed by atoms with Crippen LogP contribution in [0.5, 0.6) is 0 Å². The number of hydrogen-bond acceptors (Lipinski definition) is 4. The van der Waals surface area contributed by atoms with Gasteiger partial charge in [0, 0.05) is 31.6 Å². The normalized spacial score (nSPS) is 11.4. The Morgan fingerprint density at radius 3 is 1.44 bits per heavy atom. The Labute approximate surface area is 115 Å². The molecule has 0 saturated heterocycles. The summed E-state index contributed by atoms with van der Waals surface area (Å²) in [6.45, 7) is 9.63. The Hall–Kier alpha value is -0.307. The molecule has 0 aromatic heterocycles. The van der Waals surface area contributed by atoms with E-state index in [2.05, 4.69) is 4.74 Å². The molecule has 0 fully saturated rings. The largest absolute Gasteiger partial charge is 0.387 e. The number of esters is 2. The summed E-state index contributed by atoms with van der Waals surface area (Å²) in [6, 6.07) is 0. The van der Waals surface area contributed by atoms with Crippen LogP contribution in [-0.2, 0) is 19.1 Å². The summed E-state index contributed by atoms with van der Waals surface area (Å²) in [5.41, 5.74) is -1.61. The molecule has 0 saturated carbocycles. The van der Waals surface area contributed by atoms with Crippen LogP contribution in [0.4, 0.5) is 0 Å². The van der Waals surface area contributed by atoms with Crippen molar-refractivity contribution in [3.63, 3.8) is 0 Å². The van der Waals surface area contributed by atoms with Gasteiger partial charge in [-0.25, -0.2) is 4.79 Å². The van der Waals surface area contributed by atoms with Gasteiger partial charge >= 0.3 is 11.9 Å². The fourth-order valence-electron chi connectivity index (χ4n) is 0.590. The van der Waals surface area contributed by atoms with E-state index >= 15 is 0 Å². The van der Waals surface area contributed by atoms with Crippen LogP contribution in [0.2, 0.25) is 0 Å². The Bertz CT molecular complexity index is 294. The number of carbonyl (C=O) groups excluding carboxylic acids is 3. The summed E-state index contributed by atoms with van der Waals surface area (Å²) in [7, 11) is 0. The van der Waals surface area contributed by atoms with Crippen molar-refractivity contribution in [3.8, 4) is 0 Å². The molecule has 0 N–H and O–H groups in total. The van der Waals surface area contributed by atoms with Crippen LogP contribution in [0.3, 0.4) is 0 Å². The van der Waals surface area contributed by atoms with Crippen LogP contribution in [0.15, 0.2) is 0 Å². The predicted octanol–water partition coefficient (Wildman–Crippen LogP) is 1.34. The van der Waals surface area contributed by atoms with Gasteiger partial charge in [-0.3, -0.25) is 9.59 Å². The first-order chi connectivity index (χ1) is 6.46. The SMILES string of the molecule is CC(C)(C)C(=O)OC(=O)C(=O)C(C)(C)C.[Bi]. The quantitative estimate of drug-likeness (QED) is 0.277. The number of ether oxygens (including phenoxy) is 1. The van der Waals surface area contributed by atoms with E-state index in [1.807, 2.05) is 0 Å². The van der Waals surface area contributed by atoms with Crippen molar-refractivity contribution in [2.75, 3.05) is 0 Å². The Morgan fingerprint density at radius 1 is 0.812 bits per heavy atom. The number of hydrogen-bond donors (Lipinski definition) is 0. The average Bonchev–Trinajstić information content (AvgIpc) is 1.99. The minimum atomic E-state index is -1.08. The first-order valence-electron chi connectivity index (χ1n) is 4.77. The maximum atomic E-state index is 11.4. The van der Waals surface area contributed by atoms with Crippen molar-refractivity contribution in [3.05, 3.63) is 0 Å². The molecule has 0 unspecified atom stereocenters. The van der Waals surface area contributed by atoms with Gasteiger partial charge in [0.1, 0.15) is 0 Å². The average molecular weight is 423 g/mol. The molecule has 0 aromatic carbocycles. The monoisotopic (exact) mass is 423 g/mol. The summed E-state index contributed by atoms with van der Waals surface area (Å²) in [5, 5.41) is 0. The first kappa shape index (κ1) is 18.1. The molecule has 16 heavy (non-hydrogen) atoms. The van der Waals surface area contributed by atoms with E-state index in [0.717, 1.165) is 0 Å². The summed E-state index contributed by atoms with van der Waals surface area (Å²) < 4.78 is 4.48. The van der Waals surface area contributed by atoms with Crippen LogP contribution in [-0.4, -0.2) is 43.9 Å². The van der Waals surface area contributed by atoms with E-state index in [0.29, 0.717) is 0 Å². The van der Waals surface area contributed by atoms with Crippen LogP contribution < -0.4 is 0 Å². The van der Waals surface area contributed by atoms with Gasteiger partial charge in [-0.05, 0) is 20.8 Å². The fraction of sp³-hybridized carbons (Fsp3) is 0.727. The van der Waals surface area contributed by atoms with Gasteiger partial charge in [0.15, 0.2) is 0 Å². The molecule has 5 heteroatoms. The second-order valence-electron chi connectivity index (χ2n) is 5.51. The van der Waals surface area contributed by atoms with Crippen molar-refractivity contribution in [2.24, 2.45) is 10.8 Å². The minimum Gasteiger partial charge on any atom is -0.387 e. The van der Waals surface area contributed by atoms with E-state index in [4.69, 9.17) is 0 Å². The van der Waals surface area contributed by atoms with Crippen molar-refractivity contribution >= 4 is 43.9 Å². The van der Waals surface area contributed by atoms with Gasteiger partial charge in [-0.1, -0.05) is 20.8 Å². The van der Waals surface area contributed by atoms with Crippen LogP contribution in [0.1, 0.15) is 41.5 Å². The van der Waals surface area contributed by atoms with Gasteiger partial charge in [-0.2, -0.15) is 0 Å². The third-order valence-corrected chi connectivity index (χ3v) is 1.66. The smallest absolute Gasteiger partial charge is 0.382 e. The van der Waals surface area contributed by atoms with Crippen LogP contribution in [0, 0.1) is 10.8 Å². The summed E-state index contributed by atoms with van der Waals surface area (Å²) in [5.74, 6) is -2.47. The van der Waals surface area contributed by atoms with E-state index < -0.39 is 28.6 Å². The standard InChI is InChI=1S/C11H18O4.Bi/c1-10(2,3)7(12)8(13)15-9(14)11(4,5)6;/h1-6H3;. The van der Waals surface area contributed by atoms with Gasteiger partial charge < -0.3 is 4.74 Å². The predicted molar refractivity (Wildman–Crippen MR) is 60.8 cm³/mol. The van der Waals surface area contributed by atoms with Crippen LogP contribution in [0.25, 0.3) is 0 Å². The van der Waals surface area contributed by atoms with Crippen molar-refractivity contribution < 1.29 is 19.1 Å². The zero-order valence-electron chi connectivity index (χ0n) is 10.6. The van der Waals surface area contributed by atoms with Crippen molar-refractivity contribution in [1.82, 2.24) is 0 Å². The van der Waals surface area contributed by atoms with Gasteiger partial charge in [0.05, 0.1) is 5.41 Å². The van der Waals surface area contributed by atoms with Crippen molar-refractivity contribution in [2.45, 2.75) is 41.5 Å². The third kappa shape index (κ3) is 5.69. The third-order valence-electron chi connectivity index (χ3n) is 1.66. The second-order valence-corrected chi connectivity index (χ2v) is 5.51. The number of rotatable bonds is 1. The van der Waals surface area contributed by atoms with E-state index in [1.54, 1.807) is 41.5 Å². The molecule has 0 atom stereocenters. The van der Waals surface area contributed by atoms with E-state index in [9.17, 15) is 14.4 Å². The maximum absolute atomic E-state index is 11.4. The molecular weight excluding hydrogens is 405 g/mol. The zero-order chi connectivity index (χ0) is 12.4.